The van der Waals surface area contributed by atoms with Gasteiger partial charge in [0.25, 0.3) is 0 Å². The summed E-state index contributed by atoms with van der Waals surface area (Å²) in [6, 6.07) is 21.7. The molecule has 0 heterocycles. The lowest BCUT2D eigenvalue weighted by Gasteiger charge is -2.16. The van der Waals surface area contributed by atoms with Crippen molar-refractivity contribution in [1.29, 1.82) is 0 Å². The summed E-state index contributed by atoms with van der Waals surface area (Å²) in [5.41, 5.74) is 3.23. The zero-order chi connectivity index (χ0) is 19.8. The van der Waals surface area contributed by atoms with E-state index in [4.69, 9.17) is 32.7 Å². The van der Waals surface area contributed by atoms with Crippen LogP contribution < -0.4 is 14.8 Å². The minimum absolute atomic E-state index is 0. The van der Waals surface area contributed by atoms with E-state index in [9.17, 15) is 0 Å². The number of rotatable bonds is 9. The van der Waals surface area contributed by atoms with Crippen LogP contribution in [0, 0.1) is 0 Å². The molecule has 154 valence electrons. The topological polar surface area (TPSA) is 30.5 Å². The van der Waals surface area contributed by atoms with Gasteiger partial charge in [-0.15, -0.1) is 12.4 Å². The van der Waals surface area contributed by atoms with Crippen molar-refractivity contribution in [3.8, 4) is 11.5 Å². The number of ether oxygens (including phenoxy) is 2. The molecule has 0 bridgehead atoms. The fourth-order valence-electron chi connectivity index (χ4n) is 2.91. The predicted octanol–water partition coefficient (Wildman–Crippen LogP) is 6.34. The molecule has 0 saturated heterocycles. The van der Waals surface area contributed by atoms with Crippen molar-refractivity contribution < 1.29 is 9.47 Å². The van der Waals surface area contributed by atoms with E-state index in [2.05, 4.69) is 29.6 Å². The lowest BCUT2D eigenvalue weighted by Crippen LogP contribution is -2.17. The SMILES string of the molecule is COc1cccc(CNCCc2ccccc2)c1OCc1ccc(Cl)cc1Cl.Cl. The Kier molecular flexibility index (Phi) is 9.62. The maximum absolute atomic E-state index is 6.26. The zero-order valence-electron chi connectivity index (χ0n) is 16.2. The lowest BCUT2D eigenvalue weighted by molar-refractivity contribution is 0.281. The molecular weight excluding hydrogens is 429 g/mol. The van der Waals surface area contributed by atoms with Crippen LogP contribution in [0.4, 0.5) is 0 Å². The van der Waals surface area contributed by atoms with Gasteiger partial charge in [-0.25, -0.2) is 0 Å². The van der Waals surface area contributed by atoms with Gasteiger partial charge in [-0.2, -0.15) is 0 Å². The Morgan fingerprint density at radius 1 is 0.897 bits per heavy atom. The Bertz CT molecular complexity index is 904. The average Bonchev–Trinajstić information content (AvgIpc) is 2.71. The molecule has 0 fully saturated rings. The summed E-state index contributed by atoms with van der Waals surface area (Å²) in [5.74, 6) is 1.43. The van der Waals surface area contributed by atoms with Gasteiger partial charge in [0.05, 0.1) is 7.11 Å². The van der Waals surface area contributed by atoms with Crippen molar-refractivity contribution in [3.63, 3.8) is 0 Å². The fraction of sp³-hybridized carbons (Fsp3) is 0.217. The standard InChI is InChI=1S/C23H23Cl2NO2.ClH/c1-27-22-9-5-8-18(15-26-13-12-17-6-3-2-4-7-17)23(22)28-16-19-10-11-20(24)14-21(19)25;/h2-11,14,26H,12-13,15-16H2,1H3;1H. The maximum atomic E-state index is 6.26. The monoisotopic (exact) mass is 451 g/mol. The minimum atomic E-state index is 0. The first-order valence-corrected chi connectivity index (χ1v) is 9.90. The van der Waals surface area contributed by atoms with Crippen LogP contribution in [0.1, 0.15) is 16.7 Å². The molecule has 0 radical (unpaired) electrons. The van der Waals surface area contributed by atoms with Crippen LogP contribution in [0.15, 0.2) is 66.7 Å². The molecule has 29 heavy (non-hydrogen) atoms. The van der Waals surface area contributed by atoms with Gasteiger partial charge in [0, 0.05) is 27.7 Å². The summed E-state index contributed by atoms with van der Waals surface area (Å²) < 4.78 is 11.6. The largest absolute Gasteiger partial charge is 0.493 e. The van der Waals surface area contributed by atoms with Crippen molar-refractivity contribution in [3.05, 3.63) is 93.5 Å². The Balaban J connectivity index is 0.00000300. The number of hydrogen-bond acceptors (Lipinski definition) is 3. The van der Waals surface area contributed by atoms with E-state index in [0.717, 1.165) is 29.8 Å². The van der Waals surface area contributed by atoms with E-state index in [1.807, 2.05) is 30.3 Å². The molecule has 3 aromatic carbocycles. The zero-order valence-corrected chi connectivity index (χ0v) is 18.5. The molecular formula is C23H24Cl3NO2. The third kappa shape index (κ3) is 6.83. The first kappa shape index (κ1) is 23.4. The molecule has 0 aromatic heterocycles. The highest BCUT2D eigenvalue weighted by molar-refractivity contribution is 6.35. The van der Waals surface area contributed by atoms with Crippen molar-refractivity contribution in [2.45, 2.75) is 19.6 Å². The summed E-state index contributed by atoms with van der Waals surface area (Å²) >= 11 is 12.2. The van der Waals surface area contributed by atoms with E-state index in [-0.39, 0.29) is 12.4 Å². The average molecular weight is 453 g/mol. The maximum Gasteiger partial charge on any atom is 0.166 e. The van der Waals surface area contributed by atoms with Crippen LogP contribution in [-0.2, 0) is 19.6 Å². The highest BCUT2D eigenvalue weighted by Gasteiger charge is 2.12. The number of nitrogens with one attached hydrogen (secondary N) is 1. The molecule has 0 amide bonds. The van der Waals surface area contributed by atoms with Gasteiger partial charge in [0.1, 0.15) is 6.61 Å². The first-order chi connectivity index (χ1) is 13.7. The van der Waals surface area contributed by atoms with Crippen LogP contribution in [-0.4, -0.2) is 13.7 Å². The molecule has 0 aliphatic rings. The van der Waals surface area contributed by atoms with Crippen LogP contribution >= 0.6 is 35.6 Å². The molecule has 6 heteroatoms. The second-order valence-electron chi connectivity index (χ2n) is 6.39. The summed E-state index contributed by atoms with van der Waals surface area (Å²) in [6.07, 6.45) is 0.974. The molecule has 0 spiro atoms. The smallest absolute Gasteiger partial charge is 0.166 e. The summed E-state index contributed by atoms with van der Waals surface area (Å²) in [5, 5.41) is 4.67. The van der Waals surface area contributed by atoms with Crippen LogP contribution in [0.3, 0.4) is 0 Å². The van der Waals surface area contributed by atoms with Gasteiger partial charge in [0.2, 0.25) is 0 Å². The Morgan fingerprint density at radius 2 is 1.69 bits per heavy atom. The number of halogens is 3. The van der Waals surface area contributed by atoms with Crippen LogP contribution in [0.5, 0.6) is 11.5 Å². The molecule has 0 saturated carbocycles. The van der Waals surface area contributed by atoms with Crippen LogP contribution in [0.25, 0.3) is 0 Å². The Morgan fingerprint density at radius 3 is 2.41 bits per heavy atom. The normalized spacial score (nSPS) is 10.3. The highest BCUT2D eigenvalue weighted by atomic mass is 35.5. The third-order valence-electron chi connectivity index (χ3n) is 4.42. The van der Waals surface area contributed by atoms with Gasteiger partial charge in [-0.1, -0.05) is 71.7 Å². The van der Waals surface area contributed by atoms with Gasteiger partial charge < -0.3 is 14.8 Å². The molecule has 3 rings (SSSR count). The van der Waals surface area contributed by atoms with Gasteiger partial charge >= 0.3 is 0 Å². The van der Waals surface area contributed by atoms with Crippen molar-refractivity contribution in [2.24, 2.45) is 0 Å². The first-order valence-electron chi connectivity index (χ1n) is 9.14. The van der Waals surface area contributed by atoms with E-state index in [0.29, 0.717) is 28.9 Å². The van der Waals surface area contributed by atoms with E-state index in [1.165, 1.54) is 5.56 Å². The number of methoxy groups -OCH3 is 1. The molecule has 0 unspecified atom stereocenters. The lowest BCUT2D eigenvalue weighted by atomic mass is 10.1. The van der Waals surface area contributed by atoms with Crippen molar-refractivity contribution in [2.75, 3.05) is 13.7 Å². The Hall–Kier alpha value is -1.91. The molecule has 1 N–H and O–H groups in total. The third-order valence-corrected chi connectivity index (χ3v) is 5.00. The molecule has 3 aromatic rings. The molecule has 3 nitrogen and oxygen atoms in total. The number of benzene rings is 3. The van der Waals surface area contributed by atoms with Crippen molar-refractivity contribution >= 4 is 35.6 Å². The second-order valence-corrected chi connectivity index (χ2v) is 7.23. The number of para-hydroxylation sites is 1. The van der Waals surface area contributed by atoms with Crippen molar-refractivity contribution in [1.82, 2.24) is 5.32 Å². The minimum Gasteiger partial charge on any atom is -0.493 e. The summed E-state index contributed by atoms with van der Waals surface area (Å²) in [7, 11) is 1.64. The van der Waals surface area contributed by atoms with E-state index in [1.54, 1.807) is 19.2 Å². The second kappa shape index (κ2) is 11.9. The fourth-order valence-corrected chi connectivity index (χ4v) is 3.38. The summed E-state index contributed by atoms with van der Waals surface area (Å²) in [4.78, 5) is 0. The highest BCUT2D eigenvalue weighted by Crippen LogP contribution is 2.32. The summed E-state index contributed by atoms with van der Waals surface area (Å²) in [6.45, 7) is 1.91. The van der Waals surface area contributed by atoms with Gasteiger partial charge in [-0.05, 0) is 36.7 Å². The Labute approximate surface area is 188 Å². The quantitative estimate of drug-likeness (QED) is 0.384. The van der Waals surface area contributed by atoms with E-state index < -0.39 is 0 Å². The van der Waals surface area contributed by atoms with Gasteiger partial charge in [-0.3, -0.25) is 0 Å². The van der Waals surface area contributed by atoms with Gasteiger partial charge in [0.15, 0.2) is 11.5 Å². The van der Waals surface area contributed by atoms with E-state index >= 15 is 0 Å². The number of hydrogen-bond donors (Lipinski definition) is 1. The molecule has 0 aliphatic carbocycles. The predicted molar refractivity (Wildman–Crippen MR) is 123 cm³/mol. The molecule has 0 atom stereocenters. The van der Waals surface area contributed by atoms with Crippen LogP contribution in [0.2, 0.25) is 10.0 Å². The molecule has 0 aliphatic heterocycles.